The molecule has 3 aromatic carbocycles. The van der Waals surface area contributed by atoms with E-state index in [9.17, 15) is 14.4 Å². The molecule has 0 spiro atoms. The monoisotopic (exact) mass is 492 g/mol. The quantitative estimate of drug-likeness (QED) is 0.415. The van der Waals surface area contributed by atoms with Gasteiger partial charge in [-0.2, -0.15) is 0 Å². The van der Waals surface area contributed by atoms with Crippen molar-refractivity contribution in [1.82, 2.24) is 4.90 Å². The van der Waals surface area contributed by atoms with Gasteiger partial charge in [-0.15, -0.1) is 0 Å². The number of halogens is 1. The molecule has 6 nitrogen and oxygen atoms in total. The molecule has 0 aliphatic carbocycles. The number of nitrogens with zero attached hydrogens (tertiary/aromatic N) is 1. The number of anilines is 1. The maximum absolute atomic E-state index is 12.9. The van der Waals surface area contributed by atoms with E-state index in [1.54, 1.807) is 36.4 Å². The molecule has 172 valence electrons. The van der Waals surface area contributed by atoms with Crippen LogP contribution >= 0.6 is 23.4 Å². The number of aryl methyl sites for hydroxylation is 1. The maximum Gasteiger partial charge on any atom is 0.294 e. The molecule has 0 aromatic heterocycles. The highest BCUT2D eigenvalue weighted by molar-refractivity contribution is 8.18. The van der Waals surface area contributed by atoms with Crippen LogP contribution in [0.25, 0.3) is 6.08 Å². The number of imide groups is 1. The zero-order chi connectivity index (χ0) is 24.1. The summed E-state index contributed by atoms with van der Waals surface area (Å²) in [6, 6.07) is 21.9. The SMILES string of the molecule is Cc1cccc(NC(=O)CN2C(=O)SC(=Cc3ccccc3OCc3ccc(Cl)cc3)C2=O)c1. The van der Waals surface area contributed by atoms with Gasteiger partial charge in [0, 0.05) is 16.3 Å². The lowest BCUT2D eigenvalue weighted by molar-refractivity contribution is -0.127. The highest BCUT2D eigenvalue weighted by atomic mass is 35.5. The molecule has 1 heterocycles. The minimum absolute atomic E-state index is 0.232. The van der Waals surface area contributed by atoms with Crippen LogP contribution in [0.4, 0.5) is 10.5 Å². The Bertz CT molecular complexity index is 1270. The summed E-state index contributed by atoms with van der Waals surface area (Å²) in [6.45, 7) is 1.88. The number of hydrogen-bond donors (Lipinski definition) is 1. The molecule has 0 unspecified atom stereocenters. The van der Waals surface area contributed by atoms with E-state index in [-0.39, 0.29) is 11.4 Å². The zero-order valence-corrected chi connectivity index (χ0v) is 19.9. The summed E-state index contributed by atoms with van der Waals surface area (Å²) < 4.78 is 5.93. The number of nitrogens with one attached hydrogen (secondary N) is 1. The Balaban J connectivity index is 1.44. The van der Waals surface area contributed by atoms with Gasteiger partial charge in [0.1, 0.15) is 18.9 Å². The van der Waals surface area contributed by atoms with Crippen LogP contribution < -0.4 is 10.1 Å². The number of rotatable bonds is 7. The highest BCUT2D eigenvalue weighted by Crippen LogP contribution is 2.34. The Hall–Kier alpha value is -3.55. The maximum atomic E-state index is 12.9. The molecule has 0 radical (unpaired) electrons. The van der Waals surface area contributed by atoms with Gasteiger partial charge in [0.2, 0.25) is 5.91 Å². The summed E-state index contributed by atoms with van der Waals surface area (Å²) in [5, 5.41) is 2.87. The Kier molecular flexibility index (Phi) is 7.35. The van der Waals surface area contributed by atoms with Gasteiger partial charge >= 0.3 is 0 Å². The van der Waals surface area contributed by atoms with E-state index >= 15 is 0 Å². The van der Waals surface area contributed by atoms with Crippen LogP contribution in [0.1, 0.15) is 16.7 Å². The highest BCUT2D eigenvalue weighted by Gasteiger charge is 2.36. The lowest BCUT2D eigenvalue weighted by Crippen LogP contribution is -2.36. The third-order valence-corrected chi connectivity index (χ3v) is 6.15. The van der Waals surface area contributed by atoms with E-state index in [0.29, 0.717) is 28.6 Å². The first-order chi connectivity index (χ1) is 16.4. The van der Waals surface area contributed by atoms with Gasteiger partial charge in [-0.1, -0.05) is 54.1 Å². The average molecular weight is 493 g/mol. The third kappa shape index (κ3) is 5.87. The second kappa shape index (κ2) is 10.6. The van der Waals surface area contributed by atoms with Gasteiger partial charge in [-0.25, -0.2) is 0 Å². The first kappa shape index (κ1) is 23.6. The molecular formula is C26H21ClN2O4S. The van der Waals surface area contributed by atoms with Crippen LogP contribution in [0.2, 0.25) is 5.02 Å². The smallest absolute Gasteiger partial charge is 0.294 e. The van der Waals surface area contributed by atoms with E-state index in [1.807, 2.05) is 49.4 Å². The number of thioether (sulfide) groups is 1. The number of carbonyl (C=O) groups excluding carboxylic acids is 3. The Morgan fingerprint density at radius 3 is 2.59 bits per heavy atom. The third-order valence-electron chi connectivity index (χ3n) is 4.99. The minimum atomic E-state index is -0.512. The van der Waals surface area contributed by atoms with Crippen LogP contribution in [0, 0.1) is 6.92 Å². The summed E-state index contributed by atoms with van der Waals surface area (Å²) in [7, 11) is 0. The Labute approximate surface area is 206 Å². The standard InChI is InChI=1S/C26H21ClN2O4S/c1-17-5-4-7-21(13-17)28-24(30)15-29-25(31)23(34-26(29)32)14-19-6-2-3-8-22(19)33-16-18-9-11-20(27)12-10-18/h2-14H,15-16H2,1H3,(H,28,30). The summed E-state index contributed by atoms with van der Waals surface area (Å²) in [5.74, 6) is -0.385. The fourth-order valence-electron chi connectivity index (χ4n) is 3.32. The molecule has 0 atom stereocenters. The lowest BCUT2D eigenvalue weighted by Gasteiger charge is -2.13. The largest absolute Gasteiger partial charge is 0.488 e. The van der Waals surface area contributed by atoms with Gasteiger partial charge < -0.3 is 10.1 Å². The van der Waals surface area contributed by atoms with E-state index < -0.39 is 17.1 Å². The summed E-state index contributed by atoms with van der Waals surface area (Å²) in [4.78, 5) is 38.9. The molecule has 1 N–H and O–H groups in total. The number of carbonyl (C=O) groups is 3. The zero-order valence-electron chi connectivity index (χ0n) is 18.3. The number of benzene rings is 3. The number of para-hydroxylation sites is 1. The van der Waals surface area contributed by atoms with E-state index in [2.05, 4.69) is 5.32 Å². The number of ether oxygens (including phenoxy) is 1. The molecular weight excluding hydrogens is 472 g/mol. The van der Waals surface area contributed by atoms with Gasteiger partial charge in [-0.05, 0) is 66.2 Å². The molecule has 34 heavy (non-hydrogen) atoms. The summed E-state index contributed by atoms with van der Waals surface area (Å²) in [6.07, 6.45) is 1.61. The van der Waals surface area contributed by atoms with Crippen molar-refractivity contribution in [2.45, 2.75) is 13.5 Å². The molecule has 3 amide bonds. The van der Waals surface area contributed by atoms with E-state index in [4.69, 9.17) is 16.3 Å². The van der Waals surface area contributed by atoms with Crippen molar-refractivity contribution < 1.29 is 19.1 Å². The minimum Gasteiger partial charge on any atom is -0.488 e. The predicted octanol–water partition coefficient (Wildman–Crippen LogP) is 5.90. The van der Waals surface area contributed by atoms with Crippen molar-refractivity contribution in [3.63, 3.8) is 0 Å². The first-order valence-corrected chi connectivity index (χ1v) is 11.7. The number of amides is 3. The van der Waals surface area contributed by atoms with Gasteiger partial charge in [0.15, 0.2) is 0 Å². The second-order valence-electron chi connectivity index (χ2n) is 7.64. The topological polar surface area (TPSA) is 75.7 Å². The van der Waals surface area contributed by atoms with Crippen molar-refractivity contribution in [3.05, 3.63) is 99.4 Å². The fraction of sp³-hybridized carbons (Fsp3) is 0.115. The molecule has 3 aromatic rings. The van der Waals surface area contributed by atoms with Crippen molar-refractivity contribution in [2.75, 3.05) is 11.9 Å². The molecule has 0 saturated carbocycles. The van der Waals surface area contributed by atoms with E-state index in [1.165, 1.54) is 0 Å². The molecule has 1 aliphatic heterocycles. The van der Waals surface area contributed by atoms with Gasteiger partial charge in [-0.3, -0.25) is 19.3 Å². The van der Waals surface area contributed by atoms with Gasteiger partial charge in [0.25, 0.3) is 11.1 Å². The fourth-order valence-corrected chi connectivity index (χ4v) is 4.27. The van der Waals surface area contributed by atoms with Crippen LogP contribution in [-0.2, 0) is 16.2 Å². The molecule has 0 bridgehead atoms. The van der Waals surface area contributed by atoms with Crippen LogP contribution in [0.3, 0.4) is 0 Å². The van der Waals surface area contributed by atoms with Crippen molar-refractivity contribution in [1.29, 1.82) is 0 Å². The van der Waals surface area contributed by atoms with Crippen molar-refractivity contribution >= 4 is 52.2 Å². The van der Waals surface area contributed by atoms with Gasteiger partial charge in [0.05, 0.1) is 4.91 Å². The normalized spacial score (nSPS) is 14.5. The molecule has 8 heteroatoms. The lowest BCUT2D eigenvalue weighted by atomic mass is 10.1. The number of hydrogen-bond acceptors (Lipinski definition) is 5. The van der Waals surface area contributed by atoms with Crippen molar-refractivity contribution in [3.8, 4) is 5.75 Å². The Morgan fingerprint density at radius 1 is 1.06 bits per heavy atom. The van der Waals surface area contributed by atoms with E-state index in [0.717, 1.165) is 27.8 Å². The average Bonchev–Trinajstić information content (AvgIpc) is 3.07. The van der Waals surface area contributed by atoms with Crippen LogP contribution in [-0.4, -0.2) is 28.5 Å². The van der Waals surface area contributed by atoms with Crippen molar-refractivity contribution in [2.24, 2.45) is 0 Å². The first-order valence-electron chi connectivity index (χ1n) is 10.5. The molecule has 4 rings (SSSR count). The van der Waals surface area contributed by atoms with Crippen LogP contribution in [0.15, 0.2) is 77.7 Å². The van der Waals surface area contributed by atoms with Crippen LogP contribution in [0.5, 0.6) is 5.75 Å². The summed E-state index contributed by atoms with van der Waals surface area (Å²) >= 11 is 6.73. The Morgan fingerprint density at radius 2 is 1.82 bits per heavy atom. The molecule has 1 aliphatic rings. The summed E-state index contributed by atoms with van der Waals surface area (Å²) in [5.41, 5.74) is 3.20. The predicted molar refractivity (Wildman–Crippen MR) is 135 cm³/mol. The molecule has 1 fully saturated rings. The second-order valence-corrected chi connectivity index (χ2v) is 9.07. The molecule has 1 saturated heterocycles.